The van der Waals surface area contributed by atoms with Crippen LogP contribution >= 0.6 is 0 Å². The van der Waals surface area contributed by atoms with E-state index < -0.39 is 18.0 Å². The van der Waals surface area contributed by atoms with Gasteiger partial charge in [-0.3, -0.25) is 9.78 Å². The molecule has 0 saturated carbocycles. The fourth-order valence-corrected chi connectivity index (χ4v) is 1.58. The number of nitrogens with one attached hydrogen (secondary N) is 1. The molecule has 1 aromatic carbocycles. The highest BCUT2D eigenvalue weighted by Gasteiger charge is 2.18. The maximum atomic E-state index is 11.9. The number of anilines is 2. The van der Waals surface area contributed by atoms with E-state index in [9.17, 15) is 9.59 Å². The highest BCUT2D eigenvalue weighted by Crippen LogP contribution is 2.10. The van der Waals surface area contributed by atoms with Gasteiger partial charge in [0.15, 0.2) is 6.10 Å². The third kappa shape index (κ3) is 4.04. The maximum absolute atomic E-state index is 11.9. The van der Waals surface area contributed by atoms with E-state index in [-0.39, 0.29) is 0 Å². The van der Waals surface area contributed by atoms with Crippen LogP contribution in [-0.4, -0.2) is 23.0 Å². The van der Waals surface area contributed by atoms with Crippen LogP contribution in [0.5, 0.6) is 0 Å². The molecule has 1 atom stereocenters. The Morgan fingerprint density at radius 3 is 2.57 bits per heavy atom. The number of nitrogens with zero attached hydrogens (tertiary/aromatic N) is 1. The first-order chi connectivity index (χ1) is 10.1. The van der Waals surface area contributed by atoms with Gasteiger partial charge in [0.25, 0.3) is 5.91 Å². The van der Waals surface area contributed by atoms with Crippen LogP contribution in [0.2, 0.25) is 0 Å². The number of hydrogen-bond acceptors (Lipinski definition) is 5. The normalized spacial score (nSPS) is 11.5. The minimum Gasteiger partial charge on any atom is -0.449 e. The Hall–Kier alpha value is -2.89. The van der Waals surface area contributed by atoms with E-state index in [1.807, 2.05) is 0 Å². The number of esters is 1. The first kappa shape index (κ1) is 14.5. The van der Waals surface area contributed by atoms with Crippen LogP contribution in [0.3, 0.4) is 0 Å². The van der Waals surface area contributed by atoms with Crippen LogP contribution < -0.4 is 11.1 Å². The Balaban J connectivity index is 1.94. The van der Waals surface area contributed by atoms with Crippen LogP contribution in [-0.2, 0) is 9.53 Å². The summed E-state index contributed by atoms with van der Waals surface area (Å²) in [5.41, 5.74) is 6.97. The quantitative estimate of drug-likeness (QED) is 0.660. The number of nitrogens with two attached hydrogens (primary N) is 1. The molecule has 3 N–H and O–H groups in total. The molecule has 0 spiro atoms. The molecule has 1 unspecified atom stereocenters. The van der Waals surface area contributed by atoms with Crippen LogP contribution in [0.15, 0.2) is 48.8 Å². The molecule has 6 heteroatoms. The van der Waals surface area contributed by atoms with Gasteiger partial charge in [0.1, 0.15) is 0 Å². The Kier molecular flexibility index (Phi) is 4.50. The van der Waals surface area contributed by atoms with Gasteiger partial charge in [-0.25, -0.2) is 4.79 Å². The second-order valence-electron chi connectivity index (χ2n) is 4.40. The third-order valence-corrected chi connectivity index (χ3v) is 2.73. The van der Waals surface area contributed by atoms with Crippen molar-refractivity contribution in [1.82, 2.24) is 4.98 Å². The zero-order valence-electron chi connectivity index (χ0n) is 11.4. The number of carbonyl (C=O) groups is 2. The number of hydrogen-bond donors (Lipinski definition) is 2. The van der Waals surface area contributed by atoms with E-state index in [1.165, 1.54) is 13.1 Å². The number of rotatable bonds is 4. The SMILES string of the molecule is CC(OC(=O)c1ccc(N)cc1)C(=O)Nc1cccnc1. The van der Waals surface area contributed by atoms with Crippen molar-refractivity contribution < 1.29 is 14.3 Å². The summed E-state index contributed by atoms with van der Waals surface area (Å²) in [6.45, 7) is 1.50. The van der Waals surface area contributed by atoms with E-state index in [0.717, 1.165) is 0 Å². The molecule has 1 amide bonds. The number of carbonyl (C=O) groups excluding carboxylic acids is 2. The van der Waals surface area contributed by atoms with Crippen molar-refractivity contribution in [2.45, 2.75) is 13.0 Å². The number of amides is 1. The Bertz CT molecular complexity index is 626. The molecule has 2 aromatic rings. The summed E-state index contributed by atoms with van der Waals surface area (Å²) in [5.74, 6) is -1.00. The second-order valence-corrected chi connectivity index (χ2v) is 4.40. The summed E-state index contributed by atoms with van der Waals surface area (Å²) in [6, 6.07) is 9.67. The minimum absolute atomic E-state index is 0.338. The van der Waals surface area contributed by atoms with Crippen molar-refractivity contribution in [3.05, 3.63) is 54.4 Å². The monoisotopic (exact) mass is 285 g/mol. The van der Waals surface area contributed by atoms with Crippen molar-refractivity contribution >= 4 is 23.3 Å². The lowest BCUT2D eigenvalue weighted by molar-refractivity contribution is -0.123. The third-order valence-electron chi connectivity index (χ3n) is 2.73. The number of nitrogen functional groups attached to an aromatic ring is 1. The topological polar surface area (TPSA) is 94.3 Å². The largest absolute Gasteiger partial charge is 0.449 e. The van der Waals surface area contributed by atoms with Gasteiger partial charge in [-0.2, -0.15) is 0 Å². The van der Waals surface area contributed by atoms with Crippen molar-refractivity contribution in [2.24, 2.45) is 0 Å². The molecule has 0 saturated heterocycles. The average molecular weight is 285 g/mol. The molecule has 0 aliphatic heterocycles. The van der Waals surface area contributed by atoms with E-state index in [4.69, 9.17) is 10.5 Å². The average Bonchev–Trinajstić information content (AvgIpc) is 2.48. The molecule has 6 nitrogen and oxygen atoms in total. The maximum Gasteiger partial charge on any atom is 0.338 e. The zero-order chi connectivity index (χ0) is 15.2. The van der Waals surface area contributed by atoms with Crippen LogP contribution in [0.4, 0.5) is 11.4 Å². The smallest absolute Gasteiger partial charge is 0.338 e. The van der Waals surface area contributed by atoms with Gasteiger partial charge >= 0.3 is 5.97 Å². The summed E-state index contributed by atoms with van der Waals surface area (Å²) >= 11 is 0. The van der Waals surface area contributed by atoms with Crippen molar-refractivity contribution in [3.63, 3.8) is 0 Å². The minimum atomic E-state index is -0.921. The Morgan fingerprint density at radius 1 is 1.24 bits per heavy atom. The van der Waals surface area contributed by atoms with Crippen molar-refractivity contribution in [3.8, 4) is 0 Å². The lowest BCUT2D eigenvalue weighted by Crippen LogP contribution is -2.30. The van der Waals surface area contributed by atoms with Crippen molar-refractivity contribution in [2.75, 3.05) is 11.1 Å². The van der Waals surface area contributed by atoms with E-state index in [0.29, 0.717) is 16.9 Å². The summed E-state index contributed by atoms with van der Waals surface area (Å²) in [6.07, 6.45) is 2.18. The lowest BCUT2D eigenvalue weighted by atomic mass is 10.2. The predicted octanol–water partition coefficient (Wildman–Crippen LogP) is 1.85. The number of ether oxygens (including phenoxy) is 1. The molecular weight excluding hydrogens is 270 g/mol. The lowest BCUT2D eigenvalue weighted by Gasteiger charge is -2.13. The van der Waals surface area contributed by atoms with Gasteiger partial charge in [-0.05, 0) is 43.3 Å². The van der Waals surface area contributed by atoms with Crippen molar-refractivity contribution in [1.29, 1.82) is 0 Å². The molecule has 0 aliphatic carbocycles. The summed E-state index contributed by atoms with van der Waals surface area (Å²) in [5, 5.41) is 2.61. The van der Waals surface area contributed by atoms with Gasteiger partial charge in [-0.15, -0.1) is 0 Å². The molecule has 0 aliphatic rings. The molecule has 0 bridgehead atoms. The molecule has 1 heterocycles. The van der Waals surface area contributed by atoms with Crippen LogP contribution in [0, 0.1) is 0 Å². The van der Waals surface area contributed by atoms with E-state index >= 15 is 0 Å². The molecule has 1 aromatic heterocycles. The Morgan fingerprint density at radius 2 is 1.95 bits per heavy atom. The zero-order valence-corrected chi connectivity index (χ0v) is 11.4. The Labute approximate surface area is 121 Å². The highest BCUT2D eigenvalue weighted by atomic mass is 16.5. The van der Waals surface area contributed by atoms with Gasteiger partial charge in [0.2, 0.25) is 0 Å². The van der Waals surface area contributed by atoms with Gasteiger partial charge < -0.3 is 15.8 Å². The second kappa shape index (κ2) is 6.51. The molecule has 0 radical (unpaired) electrons. The summed E-state index contributed by atoms with van der Waals surface area (Å²) in [7, 11) is 0. The standard InChI is InChI=1S/C15H15N3O3/c1-10(14(19)18-13-3-2-8-17-9-13)21-15(20)11-4-6-12(16)7-5-11/h2-10H,16H2,1H3,(H,18,19). The van der Waals surface area contributed by atoms with Crippen LogP contribution in [0.1, 0.15) is 17.3 Å². The summed E-state index contributed by atoms with van der Waals surface area (Å²) in [4.78, 5) is 27.6. The van der Waals surface area contributed by atoms with E-state index in [2.05, 4.69) is 10.3 Å². The van der Waals surface area contributed by atoms with Gasteiger partial charge in [0.05, 0.1) is 17.4 Å². The number of aromatic nitrogens is 1. The predicted molar refractivity (Wildman–Crippen MR) is 78.6 cm³/mol. The van der Waals surface area contributed by atoms with Crippen LogP contribution in [0.25, 0.3) is 0 Å². The molecule has 21 heavy (non-hydrogen) atoms. The fourth-order valence-electron chi connectivity index (χ4n) is 1.58. The van der Waals surface area contributed by atoms with E-state index in [1.54, 1.807) is 42.6 Å². The van der Waals surface area contributed by atoms with Gasteiger partial charge in [-0.1, -0.05) is 0 Å². The number of pyridine rings is 1. The van der Waals surface area contributed by atoms with Gasteiger partial charge in [0, 0.05) is 11.9 Å². The summed E-state index contributed by atoms with van der Waals surface area (Å²) < 4.78 is 5.10. The first-order valence-corrected chi connectivity index (χ1v) is 6.33. The first-order valence-electron chi connectivity index (χ1n) is 6.33. The highest BCUT2D eigenvalue weighted by molar-refractivity contribution is 5.97. The molecule has 108 valence electrons. The fraction of sp³-hybridized carbons (Fsp3) is 0.133. The molecule has 0 fully saturated rings. The molecule has 2 rings (SSSR count). The number of benzene rings is 1. The molecular formula is C15H15N3O3.